The number of hydrogen-bond donors (Lipinski definition) is 2. The molecular weight excluding hydrogens is 282 g/mol. The number of aryl methyl sites for hydroxylation is 1. The van der Waals surface area contributed by atoms with Crippen LogP contribution in [0.3, 0.4) is 0 Å². The molecule has 1 aromatic carbocycles. The predicted octanol–water partition coefficient (Wildman–Crippen LogP) is 2.87. The van der Waals surface area contributed by atoms with Crippen molar-refractivity contribution in [3.63, 3.8) is 0 Å². The molecule has 112 valence electrons. The molecule has 2 rings (SSSR count). The normalized spacial score (nSPS) is 11.0. The zero-order chi connectivity index (χ0) is 15.2. The summed E-state index contributed by atoms with van der Waals surface area (Å²) in [4.78, 5) is 20.2. The second-order valence-electron chi connectivity index (χ2n) is 5.32. The minimum atomic E-state index is -0.0922. The predicted molar refractivity (Wildman–Crippen MR) is 87.6 cm³/mol. The minimum absolute atomic E-state index is 0.0922. The van der Waals surface area contributed by atoms with Gasteiger partial charge in [0, 0.05) is 23.5 Å². The fourth-order valence-corrected chi connectivity index (χ4v) is 2.77. The summed E-state index contributed by atoms with van der Waals surface area (Å²) in [6.45, 7) is 6.83. The number of benzene rings is 1. The number of nitrogens with zero attached hydrogens (tertiary/aromatic N) is 1. The number of nitrogens with one attached hydrogen (secondary N) is 2. The van der Waals surface area contributed by atoms with E-state index in [1.54, 1.807) is 17.8 Å². The average molecular weight is 303 g/mol. The molecule has 0 fully saturated rings. The van der Waals surface area contributed by atoms with Crippen LogP contribution >= 0.6 is 11.8 Å². The summed E-state index contributed by atoms with van der Waals surface area (Å²) in [7, 11) is 0. The Morgan fingerprint density at radius 2 is 2.14 bits per heavy atom. The molecule has 0 aliphatic heterocycles. The molecule has 0 aliphatic rings. The van der Waals surface area contributed by atoms with Crippen LogP contribution in [-0.4, -0.2) is 16.0 Å². The van der Waals surface area contributed by atoms with Gasteiger partial charge in [0.05, 0.1) is 11.4 Å². The highest BCUT2D eigenvalue weighted by Crippen LogP contribution is 2.21. The fraction of sp³-hybridized carbons (Fsp3) is 0.375. The van der Waals surface area contributed by atoms with Gasteiger partial charge in [0.25, 0.3) is 5.56 Å². The lowest BCUT2D eigenvalue weighted by molar-refractivity contribution is 0.579. The van der Waals surface area contributed by atoms with Gasteiger partial charge >= 0.3 is 0 Å². The molecule has 21 heavy (non-hydrogen) atoms. The topological polar surface area (TPSA) is 57.8 Å². The lowest BCUT2D eigenvalue weighted by Crippen LogP contribution is -2.24. The van der Waals surface area contributed by atoms with Crippen LogP contribution in [0, 0.1) is 6.92 Å². The Kier molecular flexibility index (Phi) is 5.59. The first-order chi connectivity index (χ1) is 10.0. The van der Waals surface area contributed by atoms with Gasteiger partial charge in [-0.1, -0.05) is 31.5 Å². The molecule has 0 saturated heterocycles. The largest absolute Gasteiger partial charge is 0.310 e. The Labute approximate surface area is 129 Å². The Hall–Kier alpha value is -1.59. The molecular formula is C16H21N3OS. The van der Waals surface area contributed by atoms with Crippen molar-refractivity contribution in [2.75, 3.05) is 0 Å². The first-order valence-electron chi connectivity index (χ1n) is 7.05. The third kappa shape index (κ3) is 5.36. The van der Waals surface area contributed by atoms with Gasteiger partial charge in [0.15, 0.2) is 0 Å². The number of aromatic nitrogens is 2. The van der Waals surface area contributed by atoms with Crippen LogP contribution in [0.5, 0.6) is 0 Å². The second-order valence-corrected chi connectivity index (χ2v) is 6.37. The molecule has 0 aliphatic carbocycles. The number of rotatable bonds is 6. The van der Waals surface area contributed by atoms with Gasteiger partial charge in [0.2, 0.25) is 0 Å². The third-order valence-corrected chi connectivity index (χ3v) is 3.91. The lowest BCUT2D eigenvalue weighted by Gasteiger charge is -2.08. The summed E-state index contributed by atoms with van der Waals surface area (Å²) < 4.78 is 0. The zero-order valence-corrected chi connectivity index (χ0v) is 13.5. The molecule has 2 N–H and O–H groups in total. The standard InChI is InChI=1S/C16H21N3OS/c1-11(2)17-9-13-8-16(20)19-15(18-13)10-21-14-6-4-5-12(3)7-14/h4-8,11,17H,9-10H2,1-3H3,(H,18,19,20). The molecule has 0 spiro atoms. The van der Waals surface area contributed by atoms with Crippen molar-refractivity contribution in [3.05, 3.63) is 57.8 Å². The summed E-state index contributed by atoms with van der Waals surface area (Å²) in [5.41, 5.74) is 1.93. The first-order valence-corrected chi connectivity index (χ1v) is 8.03. The molecule has 0 atom stereocenters. The van der Waals surface area contributed by atoms with E-state index in [-0.39, 0.29) is 5.56 Å². The van der Waals surface area contributed by atoms with Gasteiger partial charge in [-0.2, -0.15) is 0 Å². The Morgan fingerprint density at radius 1 is 1.33 bits per heavy atom. The maximum atomic E-state index is 11.7. The van der Waals surface area contributed by atoms with Crippen molar-refractivity contribution in [3.8, 4) is 0 Å². The number of aromatic amines is 1. The first kappa shape index (κ1) is 15.8. The number of hydrogen-bond acceptors (Lipinski definition) is 4. The molecule has 0 amide bonds. The molecule has 0 saturated carbocycles. The van der Waals surface area contributed by atoms with E-state index in [0.29, 0.717) is 18.3 Å². The van der Waals surface area contributed by atoms with E-state index in [0.717, 1.165) is 11.5 Å². The molecule has 1 aromatic heterocycles. The van der Waals surface area contributed by atoms with Gasteiger partial charge in [-0.3, -0.25) is 4.79 Å². The summed E-state index contributed by atoms with van der Waals surface area (Å²) >= 11 is 1.68. The van der Waals surface area contributed by atoms with Crippen LogP contribution in [0.4, 0.5) is 0 Å². The molecule has 0 radical (unpaired) electrons. The summed E-state index contributed by atoms with van der Waals surface area (Å²) in [5, 5.41) is 3.28. The summed E-state index contributed by atoms with van der Waals surface area (Å²) in [6.07, 6.45) is 0. The highest BCUT2D eigenvalue weighted by Gasteiger charge is 2.04. The van der Waals surface area contributed by atoms with Crippen LogP contribution in [-0.2, 0) is 12.3 Å². The molecule has 2 aromatic rings. The quantitative estimate of drug-likeness (QED) is 0.806. The SMILES string of the molecule is Cc1cccc(SCc2nc(CNC(C)C)cc(=O)[nH]2)c1. The van der Waals surface area contributed by atoms with Gasteiger partial charge in [-0.15, -0.1) is 11.8 Å². The van der Waals surface area contributed by atoms with Crippen LogP contribution in [0.1, 0.15) is 30.9 Å². The van der Waals surface area contributed by atoms with Crippen LogP contribution in [0.25, 0.3) is 0 Å². The van der Waals surface area contributed by atoms with Crippen molar-refractivity contribution in [1.82, 2.24) is 15.3 Å². The van der Waals surface area contributed by atoms with Gasteiger partial charge < -0.3 is 10.3 Å². The average Bonchev–Trinajstić information content (AvgIpc) is 2.43. The Bertz CT molecular complexity index is 652. The van der Waals surface area contributed by atoms with Crippen molar-refractivity contribution in [1.29, 1.82) is 0 Å². The summed E-state index contributed by atoms with van der Waals surface area (Å²) in [6, 6.07) is 10.2. The van der Waals surface area contributed by atoms with Gasteiger partial charge in [-0.05, 0) is 19.1 Å². The maximum Gasteiger partial charge on any atom is 0.251 e. The summed E-state index contributed by atoms with van der Waals surface area (Å²) in [5.74, 6) is 1.38. The van der Waals surface area contributed by atoms with Gasteiger partial charge in [-0.25, -0.2) is 4.98 Å². The van der Waals surface area contributed by atoms with E-state index in [2.05, 4.69) is 54.3 Å². The molecule has 1 heterocycles. The monoisotopic (exact) mass is 303 g/mol. The van der Waals surface area contributed by atoms with E-state index in [1.807, 2.05) is 6.07 Å². The van der Waals surface area contributed by atoms with E-state index >= 15 is 0 Å². The maximum absolute atomic E-state index is 11.7. The second kappa shape index (κ2) is 7.43. The van der Waals surface area contributed by atoms with Crippen molar-refractivity contribution in [2.24, 2.45) is 0 Å². The lowest BCUT2D eigenvalue weighted by atomic mass is 10.2. The Balaban J connectivity index is 2.04. The van der Waals surface area contributed by atoms with Crippen LogP contribution in [0.2, 0.25) is 0 Å². The highest BCUT2D eigenvalue weighted by atomic mass is 32.2. The van der Waals surface area contributed by atoms with E-state index in [4.69, 9.17) is 0 Å². The van der Waals surface area contributed by atoms with E-state index in [1.165, 1.54) is 10.5 Å². The smallest absolute Gasteiger partial charge is 0.251 e. The van der Waals surface area contributed by atoms with Crippen molar-refractivity contribution < 1.29 is 0 Å². The van der Waals surface area contributed by atoms with E-state index < -0.39 is 0 Å². The third-order valence-electron chi connectivity index (χ3n) is 2.90. The zero-order valence-electron chi connectivity index (χ0n) is 12.6. The van der Waals surface area contributed by atoms with Crippen molar-refractivity contribution in [2.45, 2.75) is 44.0 Å². The number of thioether (sulfide) groups is 1. The van der Waals surface area contributed by atoms with Crippen LogP contribution in [0.15, 0.2) is 40.0 Å². The van der Waals surface area contributed by atoms with Crippen LogP contribution < -0.4 is 10.9 Å². The molecule has 4 nitrogen and oxygen atoms in total. The molecule has 0 unspecified atom stereocenters. The minimum Gasteiger partial charge on any atom is -0.310 e. The Morgan fingerprint density at radius 3 is 2.86 bits per heavy atom. The number of H-pyrrole nitrogens is 1. The van der Waals surface area contributed by atoms with Crippen molar-refractivity contribution >= 4 is 11.8 Å². The van der Waals surface area contributed by atoms with Gasteiger partial charge in [0.1, 0.15) is 5.82 Å². The molecule has 5 heteroatoms. The molecule has 0 bridgehead atoms. The fourth-order valence-electron chi connectivity index (χ4n) is 1.89. The highest BCUT2D eigenvalue weighted by molar-refractivity contribution is 7.98. The van der Waals surface area contributed by atoms with E-state index in [9.17, 15) is 4.79 Å².